The lowest BCUT2D eigenvalue weighted by Gasteiger charge is -2.38. The Morgan fingerprint density at radius 2 is 1.26 bits per heavy atom. The molecule has 3 unspecified atom stereocenters. The predicted octanol–water partition coefficient (Wildman–Crippen LogP) is 5.04. The van der Waals surface area contributed by atoms with Gasteiger partial charge in [0.1, 0.15) is 18.0 Å². The number of hydrogen-bond donors (Lipinski definition) is 1. The molecule has 0 spiro atoms. The van der Waals surface area contributed by atoms with Crippen LogP contribution >= 0.6 is 0 Å². The maximum absolute atomic E-state index is 9.64. The highest BCUT2D eigenvalue weighted by Crippen LogP contribution is 2.30. The Kier molecular flexibility index (Phi) is 9.29. The minimum Gasteiger partial charge on any atom is -0.490 e. The Bertz CT molecular complexity index is 991. The van der Waals surface area contributed by atoms with Crippen LogP contribution in [-0.4, -0.2) is 36.6 Å². The van der Waals surface area contributed by atoms with Crippen molar-refractivity contribution in [3.05, 3.63) is 120 Å². The molecule has 0 aliphatic carbocycles. The van der Waals surface area contributed by atoms with E-state index in [4.69, 9.17) is 18.9 Å². The van der Waals surface area contributed by atoms with Gasteiger partial charge in [0.2, 0.25) is 0 Å². The maximum Gasteiger partial charge on any atom is 0.141 e. The molecule has 178 valence electrons. The predicted molar refractivity (Wildman–Crippen MR) is 131 cm³/mol. The topological polar surface area (TPSA) is 57.2 Å². The van der Waals surface area contributed by atoms with Gasteiger partial charge in [-0.3, -0.25) is 0 Å². The summed E-state index contributed by atoms with van der Waals surface area (Å²) in [5.41, 5.74) is 3.28. The van der Waals surface area contributed by atoms with E-state index >= 15 is 0 Å². The van der Waals surface area contributed by atoms with Crippen LogP contribution in [0.1, 0.15) is 23.1 Å². The van der Waals surface area contributed by atoms with Crippen LogP contribution in [0, 0.1) is 0 Å². The zero-order valence-corrected chi connectivity index (χ0v) is 19.3. The van der Waals surface area contributed by atoms with Gasteiger partial charge in [0, 0.05) is 6.42 Å². The third kappa shape index (κ3) is 7.27. The van der Waals surface area contributed by atoms with E-state index in [-0.39, 0.29) is 18.8 Å². The fourth-order valence-corrected chi connectivity index (χ4v) is 3.99. The Hall–Kier alpha value is -2.96. The first-order chi connectivity index (χ1) is 16.8. The zero-order chi connectivity index (χ0) is 23.4. The highest BCUT2D eigenvalue weighted by molar-refractivity contribution is 5.16. The van der Waals surface area contributed by atoms with E-state index in [0.29, 0.717) is 38.6 Å². The molecule has 3 aromatic rings. The van der Waals surface area contributed by atoms with Crippen molar-refractivity contribution < 1.29 is 24.1 Å². The van der Waals surface area contributed by atoms with Gasteiger partial charge in [-0.2, -0.15) is 0 Å². The van der Waals surface area contributed by atoms with Crippen molar-refractivity contribution in [2.24, 2.45) is 0 Å². The molecule has 3 atom stereocenters. The largest absolute Gasteiger partial charge is 0.490 e. The molecule has 0 aromatic heterocycles. The lowest BCUT2D eigenvalue weighted by molar-refractivity contribution is -0.150. The van der Waals surface area contributed by atoms with Crippen LogP contribution in [-0.2, 0) is 38.8 Å². The lowest BCUT2D eigenvalue weighted by Crippen LogP contribution is -2.44. The molecule has 0 radical (unpaired) electrons. The summed E-state index contributed by atoms with van der Waals surface area (Å²) < 4.78 is 24.8. The molecule has 1 aliphatic heterocycles. The third-order valence-electron chi connectivity index (χ3n) is 5.70. The smallest absolute Gasteiger partial charge is 0.141 e. The van der Waals surface area contributed by atoms with Gasteiger partial charge in [0.25, 0.3) is 0 Å². The summed E-state index contributed by atoms with van der Waals surface area (Å²) in [4.78, 5) is 0. The summed E-state index contributed by atoms with van der Waals surface area (Å²) in [6.45, 7) is 1.71. The van der Waals surface area contributed by atoms with Crippen molar-refractivity contribution in [1.82, 2.24) is 0 Å². The summed E-state index contributed by atoms with van der Waals surface area (Å²) in [7, 11) is 0. The summed E-state index contributed by atoms with van der Waals surface area (Å²) in [5.74, 6) is 0.594. The molecule has 1 N–H and O–H groups in total. The molecule has 4 rings (SSSR count). The van der Waals surface area contributed by atoms with Crippen LogP contribution in [0.15, 0.2) is 103 Å². The molecule has 1 aliphatic rings. The maximum atomic E-state index is 9.64. The standard InChI is InChI=1S/C29H32O5/c30-17-16-27-29(33-21-25-14-8-3-9-15-25)28(32-20-24-12-6-2-7-13-24)18-26(34-27)22-31-19-23-10-4-1-5-11-23/h1-16,26,28-30H,17-22H2/b27-16+. The number of rotatable bonds is 11. The van der Waals surface area contributed by atoms with Crippen molar-refractivity contribution in [3.63, 3.8) is 0 Å². The average Bonchev–Trinajstić information content (AvgIpc) is 2.89. The monoisotopic (exact) mass is 460 g/mol. The van der Waals surface area contributed by atoms with Crippen molar-refractivity contribution >= 4 is 0 Å². The fourth-order valence-electron chi connectivity index (χ4n) is 3.99. The van der Waals surface area contributed by atoms with Gasteiger partial charge in [0.05, 0.1) is 39.1 Å². The minimum absolute atomic E-state index is 0.135. The van der Waals surface area contributed by atoms with Crippen LogP contribution in [0.5, 0.6) is 0 Å². The Morgan fingerprint density at radius 1 is 0.735 bits per heavy atom. The number of aliphatic hydroxyl groups excluding tert-OH is 1. The van der Waals surface area contributed by atoms with E-state index in [1.807, 2.05) is 91.0 Å². The molecule has 5 nitrogen and oxygen atoms in total. The fraction of sp³-hybridized carbons (Fsp3) is 0.310. The number of aliphatic hydroxyl groups is 1. The van der Waals surface area contributed by atoms with Crippen molar-refractivity contribution in [1.29, 1.82) is 0 Å². The second-order valence-electron chi connectivity index (χ2n) is 8.32. The molecule has 5 heteroatoms. The third-order valence-corrected chi connectivity index (χ3v) is 5.70. The normalized spacial score (nSPS) is 21.3. The molecular formula is C29H32O5. The van der Waals surface area contributed by atoms with Gasteiger partial charge in [-0.05, 0) is 22.8 Å². The van der Waals surface area contributed by atoms with Crippen LogP contribution in [0.2, 0.25) is 0 Å². The molecule has 1 saturated heterocycles. The van der Waals surface area contributed by atoms with E-state index in [2.05, 4.69) is 0 Å². The summed E-state index contributed by atoms with van der Waals surface area (Å²) in [6.07, 6.45) is 1.45. The summed E-state index contributed by atoms with van der Waals surface area (Å²) >= 11 is 0. The van der Waals surface area contributed by atoms with Crippen molar-refractivity contribution in [2.45, 2.75) is 44.6 Å². The molecule has 1 fully saturated rings. The number of hydrogen-bond acceptors (Lipinski definition) is 5. The highest BCUT2D eigenvalue weighted by atomic mass is 16.6. The lowest BCUT2D eigenvalue weighted by atomic mass is 10.00. The molecule has 0 saturated carbocycles. The van der Waals surface area contributed by atoms with E-state index in [1.165, 1.54) is 0 Å². The van der Waals surface area contributed by atoms with Crippen molar-refractivity contribution in [3.8, 4) is 0 Å². The molecular weight excluding hydrogens is 428 g/mol. The summed E-state index contributed by atoms with van der Waals surface area (Å²) in [5, 5.41) is 9.64. The Morgan fingerprint density at radius 3 is 1.82 bits per heavy atom. The van der Waals surface area contributed by atoms with Gasteiger partial charge in [0.15, 0.2) is 0 Å². The van der Waals surface area contributed by atoms with E-state index in [0.717, 1.165) is 16.7 Å². The van der Waals surface area contributed by atoms with Crippen LogP contribution < -0.4 is 0 Å². The average molecular weight is 461 g/mol. The minimum atomic E-state index is -0.415. The van der Waals surface area contributed by atoms with Crippen molar-refractivity contribution in [2.75, 3.05) is 13.2 Å². The second kappa shape index (κ2) is 13.1. The first kappa shape index (κ1) is 24.2. The highest BCUT2D eigenvalue weighted by Gasteiger charge is 2.37. The van der Waals surface area contributed by atoms with E-state index in [9.17, 15) is 5.11 Å². The molecule has 1 heterocycles. The molecule has 3 aromatic carbocycles. The van der Waals surface area contributed by atoms with Gasteiger partial charge < -0.3 is 24.1 Å². The first-order valence-corrected chi connectivity index (χ1v) is 11.7. The number of benzene rings is 3. The SMILES string of the molecule is OC/C=C1/OC(COCc2ccccc2)CC(OCc2ccccc2)C1OCc1ccccc1. The Labute approximate surface area is 201 Å². The first-order valence-electron chi connectivity index (χ1n) is 11.7. The molecule has 34 heavy (non-hydrogen) atoms. The van der Waals surface area contributed by atoms with E-state index < -0.39 is 6.10 Å². The molecule has 0 bridgehead atoms. The van der Waals surface area contributed by atoms with Gasteiger partial charge >= 0.3 is 0 Å². The van der Waals surface area contributed by atoms with Gasteiger partial charge in [-0.1, -0.05) is 91.0 Å². The van der Waals surface area contributed by atoms with Crippen LogP contribution in [0.4, 0.5) is 0 Å². The summed E-state index contributed by atoms with van der Waals surface area (Å²) in [6, 6.07) is 30.2. The zero-order valence-electron chi connectivity index (χ0n) is 19.3. The number of ether oxygens (including phenoxy) is 4. The second-order valence-corrected chi connectivity index (χ2v) is 8.32. The van der Waals surface area contributed by atoms with E-state index in [1.54, 1.807) is 6.08 Å². The Balaban J connectivity index is 1.43. The quantitative estimate of drug-likeness (QED) is 0.435. The van der Waals surface area contributed by atoms with Gasteiger partial charge in [-0.25, -0.2) is 0 Å². The van der Waals surface area contributed by atoms with Crippen LogP contribution in [0.3, 0.4) is 0 Å². The van der Waals surface area contributed by atoms with Gasteiger partial charge in [-0.15, -0.1) is 0 Å². The molecule has 0 amide bonds. The van der Waals surface area contributed by atoms with Crippen LogP contribution in [0.25, 0.3) is 0 Å².